The number of rotatable bonds is 3. The van der Waals surface area contributed by atoms with E-state index in [-0.39, 0.29) is 13.0 Å². The molecule has 0 aromatic carbocycles. The maximum absolute atomic E-state index is 9.97. The van der Waals surface area contributed by atoms with Crippen LogP contribution >= 0.6 is 0 Å². The first-order valence-corrected chi connectivity index (χ1v) is 6.76. The number of aliphatic hydroxyl groups is 5. The van der Waals surface area contributed by atoms with Gasteiger partial charge < -0.3 is 35.0 Å². The van der Waals surface area contributed by atoms with Crippen molar-refractivity contribution in [2.75, 3.05) is 6.61 Å². The quantitative estimate of drug-likeness (QED) is 0.413. The van der Waals surface area contributed by atoms with Gasteiger partial charge in [-0.1, -0.05) is 0 Å². The van der Waals surface area contributed by atoms with Crippen LogP contribution < -0.4 is 0 Å². The highest BCUT2D eigenvalue weighted by Crippen LogP contribution is 2.30. The van der Waals surface area contributed by atoms with Crippen LogP contribution in [0.4, 0.5) is 0 Å². The van der Waals surface area contributed by atoms with Crippen LogP contribution in [0.5, 0.6) is 0 Å². The minimum atomic E-state index is -1.39. The number of hydrogen-bond donors (Lipinski definition) is 5. The van der Waals surface area contributed by atoms with Gasteiger partial charge in [0.15, 0.2) is 0 Å². The van der Waals surface area contributed by atoms with E-state index in [9.17, 15) is 25.5 Å². The Morgan fingerprint density at radius 1 is 1.15 bits per heavy atom. The zero-order valence-corrected chi connectivity index (χ0v) is 11.2. The number of hydrogen-bond acceptors (Lipinski definition) is 7. The van der Waals surface area contributed by atoms with Crippen LogP contribution in [0.3, 0.4) is 0 Å². The third-order valence-electron chi connectivity index (χ3n) is 4.03. The lowest BCUT2D eigenvalue weighted by Gasteiger charge is -2.42. The minimum absolute atomic E-state index is 0.190. The first-order valence-electron chi connectivity index (χ1n) is 6.76. The molecule has 0 spiro atoms. The fourth-order valence-electron chi connectivity index (χ4n) is 2.70. The molecular formula is C13H22O7. The molecule has 0 radical (unpaired) electrons. The maximum Gasteiger partial charge on any atom is 0.124 e. The summed E-state index contributed by atoms with van der Waals surface area (Å²) in [5, 5.41) is 48.5. The van der Waals surface area contributed by atoms with Crippen molar-refractivity contribution in [1.82, 2.24) is 0 Å². The van der Waals surface area contributed by atoms with Crippen molar-refractivity contribution in [3.05, 3.63) is 12.3 Å². The summed E-state index contributed by atoms with van der Waals surface area (Å²) >= 11 is 0. The van der Waals surface area contributed by atoms with Gasteiger partial charge in [-0.25, -0.2) is 0 Å². The molecule has 7 nitrogen and oxygen atoms in total. The molecule has 7 heteroatoms. The molecule has 5 N–H and O–H groups in total. The molecule has 0 aromatic rings. The molecule has 1 heterocycles. The van der Waals surface area contributed by atoms with E-state index in [0.717, 1.165) is 0 Å². The van der Waals surface area contributed by atoms with Crippen molar-refractivity contribution in [1.29, 1.82) is 0 Å². The van der Waals surface area contributed by atoms with Crippen LogP contribution in [0, 0.1) is 5.92 Å². The standard InChI is InChI=1S/C13H22O7/c1-6-13(8(15)2-3-19-6)20-9-4-7(5-14)10(16)12(18)11(9)17/h2-3,6-18H,4-5H2,1H3/t6-,7-,8-,9-,10-,11+,12+,13-/m1/s1. The Labute approximate surface area is 117 Å². The minimum Gasteiger partial charge on any atom is -0.496 e. The molecule has 2 aliphatic rings. The normalized spacial score (nSPS) is 48.9. The van der Waals surface area contributed by atoms with Gasteiger partial charge in [-0.05, 0) is 19.4 Å². The van der Waals surface area contributed by atoms with Crippen molar-refractivity contribution in [3.8, 4) is 0 Å². The fourth-order valence-corrected chi connectivity index (χ4v) is 2.70. The van der Waals surface area contributed by atoms with E-state index in [4.69, 9.17) is 9.47 Å². The van der Waals surface area contributed by atoms with Crippen molar-refractivity contribution in [2.24, 2.45) is 5.92 Å². The third kappa shape index (κ3) is 2.98. The van der Waals surface area contributed by atoms with E-state index in [1.54, 1.807) is 6.92 Å². The molecule has 1 fully saturated rings. The SMILES string of the molecule is C[C@H]1OC=C[C@@H](O)[C@@H]1O[C@@H]1C[C@H](CO)[C@@H](O)[C@H](O)[C@H]1O. The second kappa shape index (κ2) is 6.38. The lowest BCUT2D eigenvalue weighted by Crippen LogP contribution is -2.57. The zero-order chi connectivity index (χ0) is 14.9. The Morgan fingerprint density at radius 3 is 2.45 bits per heavy atom. The molecule has 0 aromatic heterocycles. The molecule has 0 unspecified atom stereocenters. The number of aliphatic hydroxyl groups excluding tert-OH is 5. The Hall–Kier alpha value is -0.700. The lowest BCUT2D eigenvalue weighted by molar-refractivity contribution is -0.212. The Balaban J connectivity index is 2.05. The average Bonchev–Trinajstić information content (AvgIpc) is 2.43. The molecule has 116 valence electrons. The highest BCUT2D eigenvalue weighted by molar-refractivity contribution is 4.99. The van der Waals surface area contributed by atoms with Crippen LogP contribution in [0.15, 0.2) is 12.3 Å². The first kappa shape index (κ1) is 15.7. The maximum atomic E-state index is 9.97. The summed E-state index contributed by atoms with van der Waals surface area (Å²) in [4.78, 5) is 0. The Bertz CT molecular complexity index is 346. The zero-order valence-electron chi connectivity index (χ0n) is 11.2. The summed E-state index contributed by atoms with van der Waals surface area (Å²) in [7, 11) is 0. The molecule has 0 bridgehead atoms. The summed E-state index contributed by atoms with van der Waals surface area (Å²) in [5.41, 5.74) is 0. The van der Waals surface area contributed by atoms with E-state index in [1.165, 1.54) is 12.3 Å². The van der Waals surface area contributed by atoms with Crippen molar-refractivity contribution in [3.63, 3.8) is 0 Å². The summed E-state index contributed by atoms with van der Waals surface area (Å²) in [6, 6.07) is 0. The van der Waals surface area contributed by atoms with Crippen molar-refractivity contribution >= 4 is 0 Å². The molecule has 0 saturated heterocycles. The van der Waals surface area contributed by atoms with Crippen LogP contribution in [-0.4, -0.2) is 74.9 Å². The van der Waals surface area contributed by atoms with Gasteiger partial charge in [0.25, 0.3) is 0 Å². The first-order chi connectivity index (χ1) is 9.45. The highest BCUT2D eigenvalue weighted by atomic mass is 16.6. The largest absolute Gasteiger partial charge is 0.496 e. The van der Waals surface area contributed by atoms with Gasteiger partial charge in [0.1, 0.15) is 30.5 Å². The summed E-state index contributed by atoms with van der Waals surface area (Å²) in [6.07, 6.45) is -3.59. The van der Waals surface area contributed by atoms with Gasteiger partial charge in [-0.3, -0.25) is 0 Å². The van der Waals surface area contributed by atoms with Gasteiger partial charge in [-0.2, -0.15) is 0 Å². The van der Waals surface area contributed by atoms with Crippen molar-refractivity contribution < 1.29 is 35.0 Å². The van der Waals surface area contributed by atoms with E-state index >= 15 is 0 Å². The van der Waals surface area contributed by atoms with Gasteiger partial charge in [-0.15, -0.1) is 0 Å². The molecular weight excluding hydrogens is 268 g/mol. The second-order valence-electron chi connectivity index (χ2n) is 5.45. The molecule has 0 amide bonds. The van der Waals surface area contributed by atoms with Crippen molar-refractivity contribution in [2.45, 2.75) is 56.1 Å². The van der Waals surface area contributed by atoms with Crippen LogP contribution in [0.1, 0.15) is 13.3 Å². The summed E-state index contributed by atoms with van der Waals surface area (Å²) in [6.45, 7) is 1.41. The Morgan fingerprint density at radius 2 is 1.85 bits per heavy atom. The molecule has 8 atom stereocenters. The van der Waals surface area contributed by atoms with Gasteiger partial charge in [0.05, 0.1) is 18.5 Å². The van der Waals surface area contributed by atoms with Gasteiger partial charge in [0, 0.05) is 12.5 Å². The van der Waals surface area contributed by atoms with Gasteiger partial charge >= 0.3 is 0 Å². The monoisotopic (exact) mass is 290 g/mol. The van der Waals surface area contributed by atoms with E-state index in [0.29, 0.717) is 0 Å². The fraction of sp³-hybridized carbons (Fsp3) is 0.846. The van der Waals surface area contributed by atoms with Crippen LogP contribution in [-0.2, 0) is 9.47 Å². The third-order valence-corrected chi connectivity index (χ3v) is 4.03. The predicted octanol–water partition coefficient (Wildman–Crippen LogP) is -1.87. The molecule has 1 saturated carbocycles. The second-order valence-corrected chi connectivity index (χ2v) is 5.45. The summed E-state index contributed by atoms with van der Waals surface area (Å²) < 4.78 is 10.9. The average molecular weight is 290 g/mol. The van der Waals surface area contributed by atoms with Crippen LogP contribution in [0.2, 0.25) is 0 Å². The Kier molecular flexibility index (Phi) is 5.00. The summed E-state index contributed by atoms with van der Waals surface area (Å²) in [5.74, 6) is -0.578. The van der Waals surface area contributed by atoms with E-state index < -0.39 is 48.6 Å². The molecule has 2 rings (SSSR count). The van der Waals surface area contributed by atoms with Gasteiger partial charge in [0.2, 0.25) is 0 Å². The topological polar surface area (TPSA) is 120 Å². The smallest absolute Gasteiger partial charge is 0.124 e. The molecule has 1 aliphatic heterocycles. The van der Waals surface area contributed by atoms with E-state index in [1.807, 2.05) is 0 Å². The predicted molar refractivity (Wildman–Crippen MR) is 67.6 cm³/mol. The van der Waals surface area contributed by atoms with E-state index in [2.05, 4.69) is 0 Å². The highest BCUT2D eigenvalue weighted by Gasteiger charge is 2.45. The molecule has 20 heavy (non-hydrogen) atoms. The number of ether oxygens (including phenoxy) is 2. The lowest BCUT2D eigenvalue weighted by atomic mass is 9.81. The van der Waals surface area contributed by atoms with Crippen LogP contribution in [0.25, 0.3) is 0 Å². The molecule has 1 aliphatic carbocycles.